The van der Waals surface area contributed by atoms with Gasteiger partial charge in [0.15, 0.2) is 6.29 Å². The van der Waals surface area contributed by atoms with Crippen molar-refractivity contribution in [1.29, 1.82) is 0 Å². The second-order valence-electron chi connectivity index (χ2n) is 4.94. The molecule has 0 radical (unpaired) electrons. The molecule has 0 N–H and O–H groups in total. The van der Waals surface area contributed by atoms with E-state index in [1.807, 2.05) is 12.1 Å². The monoisotopic (exact) mass is 286 g/mol. The maximum Gasteiger partial charge on any atom is 0.153 e. The molecule has 0 fully saturated rings. The Morgan fingerprint density at radius 2 is 2.14 bits per heavy atom. The lowest BCUT2D eigenvalue weighted by Crippen LogP contribution is -2.03. The van der Waals surface area contributed by atoms with Crippen molar-refractivity contribution in [3.8, 4) is 11.5 Å². The Balaban J connectivity index is 1.62. The molecule has 3 rings (SSSR count). The Morgan fingerprint density at radius 3 is 3.00 bits per heavy atom. The number of rotatable bonds is 5. The standard InChI is InChI=1S/C17H15FO3/c18-15-2-4-17(14(10-15)11-19)20-7-5-12-1-3-16-13(9-12)6-8-21-16/h1-4,9-11H,5-8H2. The van der Waals surface area contributed by atoms with E-state index in [1.165, 1.54) is 23.8 Å². The van der Waals surface area contributed by atoms with Crippen molar-refractivity contribution in [2.45, 2.75) is 12.8 Å². The minimum Gasteiger partial charge on any atom is -0.493 e. The van der Waals surface area contributed by atoms with Gasteiger partial charge in [-0.1, -0.05) is 12.1 Å². The molecular formula is C17H15FO3. The first kappa shape index (κ1) is 13.6. The fraction of sp³-hybridized carbons (Fsp3) is 0.235. The molecule has 0 spiro atoms. The van der Waals surface area contributed by atoms with Crippen LogP contribution in [0.4, 0.5) is 4.39 Å². The molecule has 21 heavy (non-hydrogen) atoms. The zero-order valence-corrected chi connectivity index (χ0v) is 11.5. The summed E-state index contributed by atoms with van der Waals surface area (Å²) in [4.78, 5) is 10.9. The molecule has 0 amide bonds. The normalized spacial score (nSPS) is 12.6. The average molecular weight is 286 g/mol. The summed E-state index contributed by atoms with van der Waals surface area (Å²) in [6, 6.07) is 10.1. The first-order valence-corrected chi connectivity index (χ1v) is 6.88. The van der Waals surface area contributed by atoms with E-state index in [0.29, 0.717) is 18.6 Å². The highest BCUT2D eigenvalue weighted by Gasteiger charge is 2.12. The van der Waals surface area contributed by atoms with Crippen LogP contribution in [0.1, 0.15) is 21.5 Å². The first-order valence-electron chi connectivity index (χ1n) is 6.88. The topological polar surface area (TPSA) is 35.5 Å². The highest BCUT2D eigenvalue weighted by Crippen LogP contribution is 2.26. The summed E-state index contributed by atoms with van der Waals surface area (Å²) in [7, 11) is 0. The molecule has 1 heterocycles. The molecule has 2 aromatic rings. The molecule has 108 valence electrons. The van der Waals surface area contributed by atoms with Crippen molar-refractivity contribution in [3.05, 3.63) is 58.9 Å². The number of hydrogen-bond donors (Lipinski definition) is 0. The number of aldehydes is 1. The van der Waals surface area contributed by atoms with Gasteiger partial charge in [-0.15, -0.1) is 0 Å². The largest absolute Gasteiger partial charge is 0.493 e. The summed E-state index contributed by atoms with van der Waals surface area (Å²) in [5.41, 5.74) is 2.62. The van der Waals surface area contributed by atoms with Gasteiger partial charge in [0.2, 0.25) is 0 Å². The summed E-state index contributed by atoms with van der Waals surface area (Å²) in [5.74, 6) is 0.931. The lowest BCUT2D eigenvalue weighted by molar-refractivity contribution is 0.111. The lowest BCUT2D eigenvalue weighted by Gasteiger charge is -2.09. The summed E-state index contributed by atoms with van der Waals surface area (Å²) in [6.07, 6.45) is 2.27. The molecule has 0 unspecified atom stereocenters. The summed E-state index contributed by atoms with van der Waals surface area (Å²) < 4.78 is 24.1. The van der Waals surface area contributed by atoms with E-state index in [1.54, 1.807) is 0 Å². The van der Waals surface area contributed by atoms with Gasteiger partial charge in [-0.3, -0.25) is 4.79 Å². The Kier molecular flexibility index (Phi) is 3.86. The van der Waals surface area contributed by atoms with Crippen molar-refractivity contribution in [2.24, 2.45) is 0 Å². The fourth-order valence-electron chi connectivity index (χ4n) is 2.42. The summed E-state index contributed by atoms with van der Waals surface area (Å²) >= 11 is 0. The molecule has 1 aliphatic rings. The van der Waals surface area contributed by atoms with Crippen LogP contribution < -0.4 is 9.47 Å². The van der Waals surface area contributed by atoms with Gasteiger partial charge in [0.05, 0.1) is 18.8 Å². The Hall–Kier alpha value is -2.36. The van der Waals surface area contributed by atoms with E-state index >= 15 is 0 Å². The van der Waals surface area contributed by atoms with Crippen molar-refractivity contribution in [3.63, 3.8) is 0 Å². The average Bonchev–Trinajstić information content (AvgIpc) is 2.96. The molecule has 1 aliphatic heterocycles. The molecule has 3 nitrogen and oxygen atoms in total. The molecule has 0 bridgehead atoms. The van der Waals surface area contributed by atoms with E-state index in [0.717, 1.165) is 30.8 Å². The first-order chi connectivity index (χ1) is 10.3. The van der Waals surface area contributed by atoms with E-state index < -0.39 is 5.82 Å². The van der Waals surface area contributed by atoms with Crippen LogP contribution >= 0.6 is 0 Å². The number of halogens is 1. The van der Waals surface area contributed by atoms with Crippen LogP contribution in [0.3, 0.4) is 0 Å². The second-order valence-corrected chi connectivity index (χ2v) is 4.94. The molecular weight excluding hydrogens is 271 g/mol. The zero-order chi connectivity index (χ0) is 14.7. The Morgan fingerprint density at radius 1 is 1.24 bits per heavy atom. The summed E-state index contributed by atoms with van der Waals surface area (Å²) in [6.45, 7) is 1.18. The van der Waals surface area contributed by atoms with Gasteiger partial charge in [0, 0.05) is 12.8 Å². The van der Waals surface area contributed by atoms with Crippen molar-refractivity contribution in [2.75, 3.05) is 13.2 Å². The number of carbonyl (C=O) groups excluding carboxylic acids is 1. The highest BCUT2D eigenvalue weighted by molar-refractivity contribution is 5.79. The predicted molar refractivity (Wildman–Crippen MR) is 76.6 cm³/mol. The number of carbonyl (C=O) groups is 1. The van der Waals surface area contributed by atoms with Gasteiger partial charge >= 0.3 is 0 Å². The molecule has 2 aromatic carbocycles. The smallest absolute Gasteiger partial charge is 0.153 e. The zero-order valence-electron chi connectivity index (χ0n) is 11.5. The van der Waals surface area contributed by atoms with Crippen LogP contribution in [0.25, 0.3) is 0 Å². The third-order valence-corrected chi connectivity index (χ3v) is 3.50. The maximum atomic E-state index is 13.0. The quantitative estimate of drug-likeness (QED) is 0.792. The number of fused-ring (bicyclic) bond motifs is 1. The van der Waals surface area contributed by atoms with Gasteiger partial charge in [-0.2, -0.15) is 0 Å². The predicted octanol–water partition coefficient (Wildman–Crippen LogP) is 3.19. The van der Waals surface area contributed by atoms with Crippen LogP contribution in [0.5, 0.6) is 11.5 Å². The van der Waals surface area contributed by atoms with Crippen molar-refractivity contribution >= 4 is 6.29 Å². The number of ether oxygens (including phenoxy) is 2. The van der Waals surface area contributed by atoms with Crippen LogP contribution in [-0.2, 0) is 12.8 Å². The van der Waals surface area contributed by atoms with Crippen LogP contribution in [0.2, 0.25) is 0 Å². The Labute approximate surface area is 122 Å². The number of hydrogen-bond acceptors (Lipinski definition) is 3. The van der Waals surface area contributed by atoms with Gasteiger partial charge < -0.3 is 9.47 Å². The minimum atomic E-state index is -0.442. The van der Waals surface area contributed by atoms with Gasteiger partial charge in [0.25, 0.3) is 0 Å². The van der Waals surface area contributed by atoms with Crippen LogP contribution in [0, 0.1) is 5.82 Å². The van der Waals surface area contributed by atoms with Crippen molar-refractivity contribution < 1.29 is 18.7 Å². The van der Waals surface area contributed by atoms with Gasteiger partial charge in [-0.05, 0) is 35.4 Å². The Bertz CT molecular complexity index is 667. The van der Waals surface area contributed by atoms with E-state index in [2.05, 4.69) is 6.07 Å². The number of benzene rings is 2. The molecule has 4 heteroatoms. The highest BCUT2D eigenvalue weighted by atomic mass is 19.1. The molecule has 0 aromatic heterocycles. The third-order valence-electron chi connectivity index (χ3n) is 3.50. The van der Waals surface area contributed by atoms with Gasteiger partial charge in [0.1, 0.15) is 17.3 Å². The van der Waals surface area contributed by atoms with E-state index in [4.69, 9.17) is 9.47 Å². The van der Waals surface area contributed by atoms with Crippen LogP contribution in [0.15, 0.2) is 36.4 Å². The molecule has 0 saturated carbocycles. The second kappa shape index (κ2) is 5.95. The molecule has 0 atom stereocenters. The van der Waals surface area contributed by atoms with E-state index in [9.17, 15) is 9.18 Å². The lowest BCUT2D eigenvalue weighted by atomic mass is 10.1. The van der Waals surface area contributed by atoms with Crippen molar-refractivity contribution in [1.82, 2.24) is 0 Å². The minimum absolute atomic E-state index is 0.234. The van der Waals surface area contributed by atoms with Crippen LogP contribution in [-0.4, -0.2) is 19.5 Å². The SMILES string of the molecule is O=Cc1cc(F)ccc1OCCc1ccc2c(c1)CCO2. The van der Waals surface area contributed by atoms with E-state index in [-0.39, 0.29) is 5.56 Å². The summed E-state index contributed by atoms with van der Waals surface area (Å²) in [5, 5.41) is 0. The molecule has 0 aliphatic carbocycles. The van der Waals surface area contributed by atoms with Gasteiger partial charge in [-0.25, -0.2) is 4.39 Å². The third kappa shape index (κ3) is 3.05. The fourth-order valence-corrected chi connectivity index (χ4v) is 2.42. The molecule has 0 saturated heterocycles. The maximum absolute atomic E-state index is 13.0.